The van der Waals surface area contributed by atoms with Gasteiger partial charge in [0.05, 0.1) is 16.7 Å². The Kier molecular flexibility index (Phi) is 3.31. The smallest absolute Gasteiger partial charge is 0.274 e. The summed E-state index contributed by atoms with van der Waals surface area (Å²) >= 11 is 0. The van der Waals surface area contributed by atoms with Crippen molar-refractivity contribution in [2.24, 2.45) is 0 Å². The number of imide groups is 1. The van der Waals surface area contributed by atoms with Gasteiger partial charge in [-0.1, -0.05) is 5.57 Å². The van der Waals surface area contributed by atoms with E-state index in [1.54, 1.807) is 6.92 Å². The van der Waals surface area contributed by atoms with E-state index in [9.17, 15) is 28.5 Å². The van der Waals surface area contributed by atoms with Crippen LogP contribution < -0.4 is 4.90 Å². The van der Waals surface area contributed by atoms with E-state index >= 15 is 0 Å². The normalized spacial score (nSPS) is 15.3. The van der Waals surface area contributed by atoms with Crippen LogP contribution in [0.1, 0.15) is 13.3 Å². The number of nitro groups is 1. The summed E-state index contributed by atoms with van der Waals surface area (Å²) in [6.45, 7) is 1.56. The Morgan fingerprint density at radius 2 is 1.90 bits per heavy atom. The van der Waals surface area contributed by atoms with E-state index in [1.165, 1.54) is 0 Å². The zero-order valence-corrected chi connectivity index (χ0v) is 10.2. The fraction of sp³-hybridized carbons (Fsp3) is 0.167. The number of hydrogen-bond donors (Lipinski definition) is 0. The van der Waals surface area contributed by atoms with Crippen LogP contribution in [-0.4, -0.2) is 16.7 Å². The zero-order valence-electron chi connectivity index (χ0n) is 10.2. The molecular weight excluding hydrogens is 274 g/mol. The van der Waals surface area contributed by atoms with Crippen LogP contribution in [0.3, 0.4) is 0 Å². The van der Waals surface area contributed by atoms with Crippen LogP contribution in [0.25, 0.3) is 0 Å². The first-order chi connectivity index (χ1) is 9.31. The molecule has 1 heterocycles. The second-order valence-electron chi connectivity index (χ2n) is 4.25. The number of nitrogens with zero attached hydrogens (tertiary/aromatic N) is 2. The number of benzene rings is 1. The van der Waals surface area contributed by atoms with Crippen LogP contribution in [0.15, 0.2) is 23.8 Å². The van der Waals surface area contributed by atoms with E-state index in [2.05, 4.69) is 0 Å². The summed E-state index contributed by atoms with van der Waals surface area (Å²) in [5.74, 6) is -4.07. The Balaban J connectivity index is 2.54. The molecule has 2 rings (SSSR count). The molecule has 0 radical (unpaired) electrons. The third-order valence-electron chi connectivity index (χ3n) is 2.72. The highest BCUT2D eigenvalue weighted by molar-refractivity contribution is 6.21. The Morgan fingerprint density at radius 3 is 2.45 bits per heavy atom. The van der Waals surface area contributed by atoms with Crippen LogP contribution in [0.2, 0.25) is 0 Å². The highest BCUT2D eigenvalue weighted by Crippen LogP contribution is 2.29. The maximum atomic E-state index is 13.8. The summed E-state index contributed by atoms with van der Waals surface area (Å²) in [5.41, 5.74) is -1.19. The topological polar surface area (TPSA) is 80.5 Å². The third kappa shape index (κ3) is 2.27. The maximum Gasteiger partial charge on any atom is 0.307 e. The van der Waals surface area contributed by atoms with Gasteiger partial charge in [-0.15, -0.1) is 0 Å². The summed E-state index contributed by atoms with van der Waals surface area (Å²) < 4.78 is 27.3. The van der Waals surface area contributed by atoms with Crippen LogP contribution in [0.4, 0.5) is 20.2 Å². The minimum atomic E-state index is -1.32. The lowest BCUT2D eigenvalue weighted by Crippen LogP contribution is -2.39. The first kappa shape index (κ1) is 13.8. The third-order valence-corrected chi connectivity index (χ3v) is 2.72. The number of amides is 2. The summed E-state index contributed by atoms with van der Waals surface area (Å²) in [6.07, 6.45) is 1.02. The molecule has 2 amide bonds. The first-order valence-electron chi connectivity index (χ1n) is 5.48. The average Bonchev–Trinajstić information content (AvgIpc) is 2.31. The van der Waals surface area contributed by atoms with E-state index in [-0.39, 0.29) is 6.42 Å². The number of carbonyl (C=O) groups excluding carboxylic acids is 2. The lowest BCUT2D eigenvalue weighted by atomic mass is 10.1. The Bertz CT molecular complexity index is 670. The number of carbonyl (C=O) groups is 2. The Hall–Kier alpha value is -2.64. The predicted molar refractivity (Wildman–Crippen MR) is 63.9 cm³/mol. The highest BCUT2D eigenvalue weighted by Gasteiger charge is 2.31. The largest absolute Gasteiger partial charge is 0.307 e. The van der Waals surface area contributed by atoms with Gasteiger partial charge in [0.2, 0.25) is 11.7 Å². The van der Waals surface area contributed by atoms with Crippen molar-refractivity contribution >= 4 is 23.2 Å². The van der Waals surface area contributed by atoms with Crippen molar-refractivity contribution < 1.29 is 23.3 Å². The SMILES string of the molecule is CC1=CC(=O)N(c2cc(F)c([N+](=O)[O-])cc2F)C(=O)C1. The Labute approximate surface area is 111 Å². The molecule has 0 bridgehead atoms. The predicted octanol–water partition coefficient (Wildman–Crippen LogP) is 2.08. The summed E-state index contributed by atoms with van der Waals surface area (Å²) in [5, 5.41) is 10.5. The summed E-state index contributed by atoms with van der Waals surface area (Å²) in [6, 6.07) is 0.814. The molecule has 0 saturated carbocycles. The number of rotatable bonds is 2. The molecule has 0 aromatic heterocycles. The lowest BCUT2D eigenvalue weighted by molar-refractivity contribution is -0.387. The van der Waals surface area contributed by atoms with Crippen molar-refractivity contribution in [1.82, 2.24) is 0 Å². The molecule has 6 nitrogen and oxygen atoms in total. The molecule has 0 aliphatic carbocycles. The molecule has 1 aliphatic rings. The minimum Gasteiger partial charge on any atom is -0.274 e. The monoisotopic (exact) mass is 282 g/mol. The van der Waals surface area contributed by atoms with Crippen molar-refractivity contribution in [3.05, 3.63) is 45.5 Å². The van der Waals surface area contributed by atoms with E-state index in [1.807, 2.05) is 0 Å². The molecule has 20 heavy (non-hydrogen) atoms. The molecule has 0 unspecified atom stereocenters. The maximum absolute atomic E-state index is 13.8. The summed E-state index contributed by atoms with van der Waals surface area (Å²) in [7, 11) is 0. The van der Waals surface area contributed by atoms with Gasteiger partial charge in [0, 0.05) is 18.6 Å². The summed E-state index contributed by atoms with van der Waals surface area (Å²) in [4.78, 5) is 33.3. The van der Waals surface area contributed by atoms with Gasteiger partial charge >= 0.3 is 5.69 Å². The fourth-order valence-corrected chi connectivity index (χ4v) is 1.86. The number of hydrogen-bond acceptors (Lipinski definition) is 4. The van der Waals surface area contributed by atoms with Crippen molar-refractivity contribution in [3.8, 4) is 0 Å². The van der Waals surface area contributed by atoms with Crippen LogP contribution in [-0.2, 0) is 9.59 Å². The van der Waals surface area contributed by atoms with Gasteiger partial charge in [-0.3, -0.25) is 19.7 Å². The molecule has 8 heteroatoms. The van der Waals surface area contributed by atoms with E-state index < -0.39 is 39.7 Å². The molecule has 0 fully saturated rings. The van der Waals surface area contributed by atoms with E-state index in [0.717, 1.165) is 6.08 Å². The van der Waals surface area contributed by atoms with Gasteiger partial charge in [0.1, 0.15) is 0 Å². The Morgan fingerprint density at radius 1 is 1.25 bits per heavy atom. The van der Waals surface area contributed by atoms with Gasteiger partial charge < -0.3 is 0 Å². The van der Waals surface area contributed by atoms with Crippen LogP contribution >= 0.6 is 0 Å². The van der Waals surface area contributed by atoms with Crippen LogP contribution in [0, 0.1) is 21.7 Å². The van der Waals surface area contributed by atoms with Gasteiger partial charge in [-0.2, -0.15) is 4.39 Å². The molecule has 1 aliphatic heterocycles. The van der Waals surface area contributed by atoms with Crippen molar-refractivity contribution in [1.29, 1.82) is 0 Å². The molecular formula is C12H8F2N2O4. The second-order valence-corrected chi connectivity index (χ2v) is 4.25. The van der Waals surface area contributed by atoms with E-state index in [4.69, 9.17) is 0 Å². The molecule has 0 N–H and O–H groups in total. The van der Waals surface area contributed by atoms with Gasteiger partial charge in [-0.05, 0) is 6.92 Å². The molecule has 1 aromatic rings. The van der Waals surface area contributed by atoms with Crippen molar-refractivity contribution in [3.63, 3.8) is 0 Å². The number of nitro benzene ring substituents is 1. The van der Waals surface area contributed by atoms with Crippen molar-refractivity contribution in [2.75, 3.05) is 4.90 Å². The molecule has 0 saturated heterocycles. The van der Waals surface area contributed by atoms with Crippen LogP contribution in [0.5, 0.6) is 0 Å². The number of anilines is 1. The van der Waals surface area contributed by atoms with Crippen molar-refractivity contribution in [2.45, 2.75) is 13.3 Å². The molecule has 104 valence electrons. The fourth-order valence-electron chi connectivity index (χ4n) is 1.86. The standard InChI is InChI=1S/C12H8F2N2O4/c1-6-2-11(17)15(12(18)3-6)9-4-8(14)10(16(19)20)5-7(9)13/h2,4-5H,3H2,1H3. The second kappa shape index (κ2) is 4.80. The zero-order chi connectivity index (χ0) is 15.0. The first-order valence-corrected chi connectivity index (χ1v) is 5.48. The van der Waals surface area contributed by atoms with Gasteiger partial charge in [0.25, 0.3) is 5.91 Å². The van der Waals surface area contributed by atoms with Gasteiger partial charge in [0.15, 0.2) is 5.82 Å². The van der Waals surface area contributed by atoms with Gasteiger partial charge in [-0.25, -0.2) is 9.29 Å². The minimum absolute atomic E-state index is 0.107. The lowest BCUT2D eigenvalue weighted by Gasteiger charge is -2.23. The quantitative estimate of drug-likeness (QED) is 0.472. The molecule has 0 atom stereocenters. The molecule has 0 spiro atoms. The molecule has 1 aromatic carbocycles. The highest BCUT2D eigenvalue weighted by atomic mass is 19.1. The number of halogens is 2. The average molecular weight is 282 g/mol. The van der Waals surface area contributed by atoms with E-state index in [0.29, 0.717) is 22.6 Å².